The smallest absolute Gasteiger partial charge is 0.407 e. The fourth-order valence-electron chi connectivity index (χ4n) is 6.28. The second-order valence-corrected chi connectivity index (χ2v) is 11.8. The molecule has 5 aromatic rings. The van der Waals surface area contributed by atoms with E-state index in [4.69, 9.17) is 20.6 Å². The van der Waals surface area contributed by atoms with E-state index in [-0.39, 0.29) is 32.0 Å². The number of ether oxygens (including phenoxy) is 3. The summed E-state index contributed by atoms with van der Waals surface area (Å²) in [6.07, 6.45) is 4.85. The molecule has 0 saturated carbocycles. The number of esters is 1. The lowest BCUT2D eigenvalue weighted by Crippen LogP contribution is -2.53. The molecule has 0 fully saturated rings. The van der Waals surface area contributed by atoms with E-state index in [0.717, 1.165) is 44.2 Å². The zero-order chi connectivity index (χ0) is 34.2. The Labute approximate surface area is 285 Å². The minimum absolute atomic E-state index is 0.0933. The molecule has 2 N–H and O–H groups in total. The Morgan fingerprint density at radius 1 is 0.735 bits per heavy atom. The van der Waals surface area contributed by atoms with Crippen molar-refractivity contribution in [3.05, 3.63) is 138 Å². The van der Waals surface area contributed by atoms with Crippen molar-refractivity contribution in [1.82, 2.24) is 10.6 Å². The highest BCUT2D eigenvalue weighted by Gasteiger charge is 2.31. The molecular weight excluding hydrogens is 616 g/mol. The maximum atomic E-state index is 13.9. The van der Waals surface area contributed by atoms with Gasteiger partial charge in [0.15, 0.2) is 0 Å². The number of nitrogens with one attached hydrogen (secondary N) is 2. The van der Waals surface area contributed by atoms with Gasteiger partial charge < -0.3 is 24.8 Å². The number of hydrogen-bond donors (Lipinski definition) is 2. The first-order valence-electron chi connectivity index (χ1n) is 16.1. The van der Waals surface area contributed by atoms with E-state index >= 15 is 0 Å². The molecule has 0 spiro atoms. The predicted molar refractivity (Wildman–Crippen MR) is 188 cm³/mol. The largest absolute Gasteiger partial charge is 0.481 e. The third-order valence-corrected chi connectivity index (χ3v) is 8.69. The molecule has 0 bridgehead atoms. The molecule has 2 atom stereocenters. The Morgan fingerprint density at radius 3 is 2.02 bits per heavy atom. The standard InChI is InChI=1S/C41H36N2O6/c1-3-22-48-31-20-17-27(18-21-31)24-38(40(45)47-2)42-39(44)37(25-28-16-19-29-10-4-5-11-30(29)23-28)43-41(46)49-26-36-34-14-8-6-12-32(34)33-13-7-9-15-35(33)36/h1,4-21,23,36-38H,22,24-26H2,2H3,(H,42,44)(H,43,46)/t37-,38-/m0/s1. The molecule has 0 radical (unpaired) electrons. The van der Waals surface area contributed by atoms with Crippen molar-refractivity contribution in [2.45, 2.75) is 30.8 Å². The Kier molecular flexibility index (Phi) is 10.2. The van der Waals surface area contributed by atoms with E-state index in [1.54, 1.807) is 24.3 Å². The van der Waals surface area contributed by atoms with Crippen molar-refractivity contribution in [2.24, 2.45) is 0 Å². The van der Waals surface area contributed by atoms with Gasteiger partial charge in [-0.25, -0.2) is 9.59 Å². The first kappa shape index (κ1) is 32.9. The lowest BCUT2D eigenvalue weighted by atomic mass is 9.98. The van der Waals surface area contributed by atoms with Gasteiger partial charge in [0.25, 0.3) is 0 Å². The molecule has 1 aliphatic rings. The summed E-state index contributed by atoms with van der Waals surface area (Å²) in [5, 5.41) is 7.65. The van der Waals surface area contributed by atoms with Crippen molar-refractivity contribution in [3.63, 3.8) is 0 Å². The molecule has 0 heterocycles. The number of methoxy groups -OCH3 is 1. The van der Waals surface area contributed by atoms with Crippen LogP contribution in [-0.2, 0) is 31.9 Å². The summed E-state index contributed by atoms with van der Waals surface area (Å²) in [6.45, 7) is 0.228. The van der Waals surface area contributed by atoms with Crippen molar-refractivity contribution < 1.29 is 28.6 Å². The summed E-state index contributed by atoms with van der Waals surface area (Å²) >= 11 is 0. The lowest BCUT2D eigenvalue weighted by Gasteiger charge is -2.23. The molecule has 0 aromatic heterocycles. The fourth-order valence-corrected chi connectivity index (χ4v) is 6.28. The number of terminal acetylenes is 1. The van der Waals surface area contributed by atoms with Crippen molar-refractivity contribution in [2.75, 3.05) is 20.3 Å². The normalized spacial score (nSPS) is 12.9. The van der Waals surface area contributed by atoms with Gasteiger partial charge in [0, 0.05) is 18.8 Å². The van der Waals surface area contributed by atoms with E-state index in [9.17, 15) is 14.4 Å². The minimum Gasteiger partial charge on any atom is -0.481 e. The first-order valence-corrected chi connectivity index (χ1v) is 16.1. The maximum absolute atomic E-state index is 13.9. The topological polar surface area (TPSA) is 103 Å². The van der Waals surface area contributed by atoms with Gasteiger partial charge >= 0.3 is 12.1 Å². The van der Waals surface area contributed by atoms with Crippen LogP contribution in [0, 0.1) is 12.3 Å². The highest BCUT2D eigenvalue weighted by molar-refractivity contribution is 5.90. The van der Waals surface area contributed by atoms with Crippen LogP contribution in [0.5, 0.6) is 5.75 Å². The number of carbonyl (C=O) groups is 3. The molecule has 0 saturated heterocycles. The summed E-state index contributed by atoms with van der Waals surface area (Å²) in [7, 11) is 1.26. The van der Waals surface area contributed by atoms with E-state index in [0.29, 0.717) is 5.75 Å². The predicted octanol–water partition coefficient (Wildman–Crippen LogP) is 6.20. The van der Waals surface area contributed by atoms with Crippen molar-refractivity contribution in [1.29, 1.82) is 0 Å². The molecule has 8 nitrogen and oxygen atoms in total. The van der Waals surface area contributed by atoms with Crippen LogP contribution in [0.2, 0.25) is 0 Å². The monoisotopic (exact) mass is 652 g/mol. The zero-order valence-electron chi connectivity index (χ0n) is 27.1. The van der Waals surface area contributed by atoms with Crippen LogP contribution in [0.1, 0.15) is 28.2 Å². The van der Waals surface area contributed by atoms with Gasteiger partial charge in [-0.05, 0) is 56.3 Å². The highest BCUT2D eigenvalue weighted by atomic mass is 16.5. The van der Waals surface area contributed by atoms with Gasteiger partial charge in [0.2, 0.25) is 5.91 Å². The number of fused-ring (bicyclic) bond motifs is 4. The van der Waals surface area contributed by atoms with Gasteiger partial charge in [-0.3, -0.25) is 4.79 Å². The van der Waals surface area contributed by atoms with Crippen LogP contribution < -0.4 is 15.4 Å². The molecule has 8 heteroatoms. The number of alkyl carbamates (subject to hydrolysis) is 1. The van der Waals surface area contributed by atoms with Gasteiger partial charge in [0.05, 0.1) is 7.11 Å². The fraction of sp³-hybridized carbons (Fsp3) is 0.195. The molecular formula is C41H36N2O6. The summed E-state index contributed by atoms with van der Waals surface area (Å²) in [6, 6.07) is 34.9. The van der Waals surface area contributed by atoms with E-state index < -0.39 is 30.1 Å². The summed E-state index contributed by atoms with van der Waals surface area (Å²) in [5.41, 5.74) is 5.99. The van der Waals surface area contributed by atoms with Gasteiger partial charge in [-0.15, -0.1) is 6.42 Å². The van der Waals surface area contributed by atoms with Crippen molar-refractivity contribution in [3.8, 4) is 29.2 Å². The molecule has 0 unspecified atom stereocenters. The number of benzene rings is 5. The lowest BCUT2D eigenvalue weighted by molar-refractivity contribution is -0.145. The zero-order valence-corrected chi connectivity index (χ0v) is 27.1. The van der Waals surface area contributed by atoms with Crippen LogP contribution in [0.4, 0.5) is 4.79 Å². The average Bonchev–Trinajstić information content (AvgIpc) is 3.46. The Balaban J connectivity index is 1.19. The van der Waals surface area contributed by atoms with Crippen LogP contribution in [-0.4, -0.2) is 50.4 Å². The van der Waals surface area contributed by atoms with E-state index in [1.165, 1.54) is 7.11 Å². The van der Waals surface area contributed by atoms with Gasteiger partial charge in [0.1, 0.15) is 31.0 Å². The van der Waals surface area contributed by atoms with Crippen LogP contribution >= 0.6 is 0 Å². The number of rotatable bonds is 12. The maximum Gasteiger partial charge on any atom is 0.407 e. The summed E-state index contributed by atoms with van der Waals surface area (Å²) in [5.74, 6) is 1.69. The Morgan fingerprint density at radius 2 is 1.35 bits per heavy atom. The van der Waals surface area contributed by atoms with Crippen LogP contribution in [0.3, 0.4) is 0 Å². The average molecular weight is 653 g/mol. The second kappa shape index (κ2) is 15.2. The molecule has 49 heavy (non-hydrogen) atoms. The molecule has 1 aliphatic carbocycles. The highest BCUT2D eigenvalue weighted by Crippen LogP contribution is 2.44. The quantitative estimate of drug-likeness (QED) is 0.123. The third-order valence-electron chi connectivity index (χ3n) is 8.69. The van der Waals surface area contributed by atoms with Gasteiger partial charge in [-0.2, -0.15) is 0 Å². The van der Waals surface area contributed by atoms with Crippen LogP contribution in [0.25, 0.3) is 21.9 Å². The number of carbonyl (C=O) groups excluding carboxylic acids is 3. The molecule has 246 valence electrons. The second-order valence-electron chi connectivity index (χ2n) is 11.8. The van der Waals surface area contributed by atoms with E-state index in [1.807, 2.05) is 78.9 Å². The summed E-state index contributed by atoms with van der Waals surface area (Å²) < 4.78 is 16.3. The third kappa shape index (κ3) is 7.74. The van der Waals surface area contributed by atoms with Crippen molar-refractivity contribution >= 4 is 28.7 Å². The summed E-state index contributed by atoms with van der Waals surface area (Å²) in [4.78, 5) is 40.2. The first-order chi connectivity index (χ1) is 23.9. The van der Waals surface area contributed by atoms with Gasteiger partial charge in [-0.1, -0.05) is 109 Å². The molecule has 2 amide bonds. The number of amides is 2. The SMILES string of the molecule is C#CCOc1ccc(C[C@H](NC(=O)[C@H](Cc2ccc3ccccc3c2)NC(=O)OCC2c3ccccc3-c3ccccc32)C(=O)OC)cc1. The Bertz CT molecular complexity index is 1970. The van der Waals surface area contributed by atoms with Crippen LogP contribution in [0.15, 0.2) is 115 Å². The number of hydrogen-bond acceptors (Lipinski definition) is 6. The molecule has 6 rings (SSSR count). The van der Waals surface area contributed by atoms with E-state index in [2.05, 4.69) is 28.7 Å². The minimum atomic E-state index is -1.05. The molecule has 0 aliphatic heterocycles. The Hall–Kier alpha value is -6.07. The molecule has 5 aromatic carbocycles.